The first-order valence-electron chi connectivity index (χ1n) is 4.35. The molecular formula is C10H21NO. The van der Waals surface area contributed by atoms with E-state index in [4.69, 9.17) is 10.5 Å². The lowest BCUT2D eigenvalue weighted by Crippen LogP contribution is -2.31. The Morgan fingerprint density at radius 1 is 1.50 bits per heavy atom. The van der Waals surface area contributed by atoms with Gasteiger partial charge in [-0.3, -0.25) is 0 Å². The topological polar surface area (TPSA) is 35.2 Å². The molecule has 72 valence electrons. The van der Waals surface area contributed by atoms with Gasteiger partial charge in [-0.1, -0.05) is 5.57 Å². The summed E-state index contributed by atoms with van der Waals surface area (Å²) >= 11 is 0. The highest BCUT2D eigenvalue weighted by Crippen LogP contribution is 2.08. The molecule has 0 aromatic heterocycles. The number of hydrogen-bond donors (Lipinski definition) is 1. The van der Waals surface area contributed by atoms with Crippen molar-refractivity contribution in [3.05, 3.63) is 12.2 Å². The molecule has 1 atom stereocenters. The number of nitrogens with two attached hydrogens (primary N) is 1. The zero-order chi connectivity index (χ0) is 9.78. The van der Waals surface area contributed by atoms with E-state index in [-0.39, 0.29) is 11.6 Å². The Morgan fingerprint density at radius 2 is 2.00 bits per heavy atom. The molecule has 0 saturated heterocycles. The van der Waals surface area contributed by atoms with Crippen molar-refractivity contribution in [1.29, 1.82) is 0 Å². The van der Waals surface area contributed by atoms with Crippen molar-refractivity contribution in [2.45, 2.75) is 45.8 Å². The fourth-order valence-electron chi connectivity index (χ4n) is 0.864. The van der Waals surface area contributed by atoms with Crippen LogP contribution in [0, 0.1) is 0 Å². The highest BCUT2D eigenvalue weighted by Gasteiger charge is 2.12. The van der Waals surface area contributed by atoms with Crippen molar-refractivity contribution < 1.29 is 4.74 Å². The molecule has 0 aliphatic carbocycles. The van der Waals surface area contributed by atoms with Crippen LogP contribution >= 0.6 is 0 Å². The van der Waals surface area contributed by atoms with Crippen molar-refractivity contribution in [3.63, 3.8) is 0 Å². The summed E-state index contributed by atoms with van der Waals surface area (Å²) in [6, 6.07) is 0.0849. The first kappa shape index (κ1) is 11.7. The quantitative estimate of drug-likeness (QED) is 0.657. The molecule has 2 N–H and O–H groups in total. The van der Waals surface area contributed by atoms with Crippen LogP contribution in [0.5, 0.6) is 0 Å². The molecule has 0 radical (unpaired) electrons. The number of hydrogen-bond acceptors (Lipinski definition) is 2. The lowest BCUT2D eigenvalue weighted by molar-refractivity contribution is -0.00981. The third kappa shape index (κ3) is 7.76. The molecule has 12 heavy (non-hydrogen) atoms. The van der Waals surface area contributed by atoms with Crippen LogP contribution < -0.4 is 5.73 Å². The highest BCUT2D eigenvalue weighted by atomic mass is 16.5. The maximum absolute atomic E-state index is 5.80. The van der Waals surface area contributed by atoms with Crippen molar-refractivity contribution in [3.8, 4) is 0 Å². The van der Waals surface area contributed by atoms with Crippen LogP contribution in [0.4, 0.5) is 0 Å². The molecule has 0 heterocycles. The molecule has 2 heteroatoms. The number of ether oxygens (including phenoxy) is 1. The molecule has 0 saturated carbocycles. The summed E-state index contributed by atoms with van der Waals surface area (Å²) in [6.07, 6.45) is 0.843. The Bertz CT molecular complexity index is 146. The minimum atomic E-state index is -0.0906. The predicted octanol–water partition coefficient (Wildman–Crippen LogP) is 2.09. The third-order valence-electron chi connectivity index (χ3n) is 1.34. The Balaban J connectivity index is 3.57. The van der Waals surface area contributed by atoms with E-state index >= 15 is 0 Å². The molecule has 2 nitrogen and oxygen atoms in total. The van der Waals surface area contributed by atoms with Gasteiger partial charge in [-0.2, -0.15) is 0 Å². The van der Waals surface area contributed by atoms with Crippen molar-refractivity contribution in [2.24, 2.45) is 5.73 Å². The van der Waals surface area contributed by atoms with Gasteiger partial charge >= 0.3 is 0 Å². The van der Waals surface area contributed by atoms with E-state index in [2.05, 4.69) is 6.58 Å². The van der Waals surface area contributed by atoms with Crippen LogP contribution in [0.3, 0.4) is 0 Å². The highest BCUT2D eigenvalue weighted by molar-refractivity contribution is 4.91. The van der Waals surface area contributed by atoms with Gasteiger partial charge in [0.25, 0.3) is 0 Å². The largest absolute Gasteiger partial charge is 0.374 e. The summed E-state index contributed by atoms with van der Waals surface area (Å²) < 4.78 is 5.53. The van der Waals surface area contributed by atoms with Gasteiger partial charge in [0.15, 0.2) is 0 Å². The summed E-state index contributed by atoms with van der Waals surface area (Å²) in [5.74, 6) is 0. The normalized spacial score (nSPS) is 14.4. The summed E-state index contributed by atoms with van der Waals surface area (Å²) in [7, 11) is 0. The molecule has 0 aliphatic rings. The third-order valence-corrected chi connectivity index (χ3v) is 1.34. The van der Waals surface area contributed by atoms with Gasteiger partial charge in [0.05, 0.1) is 12.2 Å². The van der Waals surface area contributed by atoms with E-state index in [9.17, 15) is 0 Å². The summed E-state index contributed by atoms with van der Waals surface area (Å²) in [5.41, 5.74) is 6.82. The van der Waals surface area contributed by atoms with E-state index in [0.29, 0.717) is 6.61 Å². The van der Waals surface area contributed by atoms with Crippen LogP contribution in [-0.2, 0) is 4.74 Å². The van der Waals surface area contributed by atoms with E-state index in [1.54, 1.807) is 0 Å². The van der Waals surface area contributed by atoms with E-state index in [1.807, 2.05) is 27.7 Å². The van der Waals surface area contributed by atoms with Crippen molar-refractivity contribution >= 4 is 0 Å². The lowest BCUT2D eigenvalue weighted by Gasteiger charge is -2.22. The van der Waals surface area contributed by atoms with Crippen molar-refractivity contribution in [2.75, 3.05) is 6.61 Å². The summed E-state index contributed by atoms with van der Waals surface area (Å²) in [4.78, 5) is 0. The fraction of sp³-hybridized carbons (Fsp3) is 0.800. The Labute approximate surface area is 75.8 Å². The smallest absolute Gasteiger partial charge is 0.0627 e. The molecule has 0 fully saturated rings. The van der Waals surface area contributed by atoms with Gasteiger partial charge in [-0.05, 0) is 34.1 Å². The molecule has 1 unspecified atom stereocenters. The second-order valence-corrected chi connectivity index (χ2v) is 4.34. The Hall–Kier alpha value is -0.340. The second-order valence-electron chi connectivity index (χ2n) is 4.34. The average Bonchev–Trinajstić information content (AvgIpc) is 1.80. The van der Waals surface area contributed by atoms with Gasteiger partial charge in [-0.25, -0.2) is 0 Å². The van der Waals surface area contributed by atoms with Gasteiger partial charge in [-0.15, -0.1) is 6.58 Å². The van der Waals surface area contributed by atoms with Crippen LogP contribution in [0.2, 0.25) is 0 Å². The van der Waals surface area contributed by atoms with Gasteiger partial charge in [0, 0.05) is 6.04 Å². The monoisotopic (exact) mass is 171 g/mol. The second kappa shape index (κ2) is 4.63. The van der Waals surface area contributed by atoms with Crippen LogP contribution in [0.25, 0.3) is 0 Å². The first-order valence-corrected chi connectivity index (χ1v) is 4.35. The fourth-order valence-corrected chi connectivity index (χ4v) is 0.864. The zero-order valence-corrected chi connectivity index (χ0v) is 8.68. The van der Waals surface area contributed by atoms with Gasteiger partial charge in [0.2, 0.25) is 0 Å². The molecule has 0 aromatic rings. The Morgan fingerprint density at radius 3 is 2.33 bits per heavy atom. The van der Waals surface area contributed by atoms with E-state index < -0.39 is 0 Å². The summed E-state index contributed by atoms with van der Waals surface area (Å²) in [5, 5.41) is 0. The van der Waals surface area contributed by atoms with Crippen LogP contribution in [0.1, 0.15) is 34.1 Å². The minimum absolute atomic E-state index is 0.0849. The molecule has 0 spiro atoms. The molecule has 0 rings (SSSR count). The van der Waals surface area contributed by atoms with E-state index in [0.717, 1.165) is 12.0 Å². The van der Waals surface area contributed by atoms with Gasteiger partial charge in [0.1, 0.15) is 0 Å². The molecule has 0 bridgehead atoms. The summed E-state index contributed by atoms with van der Waals surface area (Å²) in [6.45, 7) is 12.5. The number of rotatable bonds is 4. The van der Waals surface area contributed by atoms with Crippen LogP contribution in [-0.4, -0.2) is 18.2 Å². The standard InChI is InChI=1S/C10H21NO/c1-8(2)6-9(11)7-12-10(3,4)5/h9H,1,6-7,11H2,2-5H3. The van der Waals surface area contributed by atoms with Gasteiger partial charge < -0.3 is 10.5 Å². The van der Waals surface area contributed by atoms with E-state index in [1.165, 1.54) is 0 Å². The maximum atomic E-state index is 5.80. The average molecular weight is 171 g/mol. The molecule has 0 aliphatic heterocycles. The Kier molecular flexibility index (Phi) is 4.50. The molecule has 0 aromatic carbocycles. The zero-order valence-electron chi connectivity index (χ0n) is 8.68. The maximum Gasteiger partial charge on any atom is 0.0627 e. The lowest BCUT2D eigenvalue weighted by atomic mass is 10.1. The SMILES string of the molecule is C=C(C)CC(N)COC(C)(C)C. The predicted molar refractivity (Wildman–Crippen MR) is 53.1 cm³/mol. The van der Waals surface area contributed by atoms with Crippen LogP contribution in [0.15, 0.2) is 12.2 Å². The van der Waals surface area contributed by atoms with Crippen molar-refractivity contribution in [1.82, 2.24) is 0 Å². The molecular weight excluding hydrogens is 150 g/mol. The first-order chi connectivity index (χ1) is 5.31. The minimum Gasteiger partial charge on any atom is -0.374 e. The molecule has 0 amide bonds.